The van der Waals surface area contributed by atoms with Crippen LogP contribution in [-0.2, 0) is 0 Å². The molecule has 3 nitrogen and oxygen atoms in total. The second-order valence-corrected chi connectivity index (χ2v) is 6.03. The van der Waals surface area contributed by atoms with Gasteiger partial charge in [0.25, 0.3) is 0 Å². The maximum absolute atomic E-state index is 14.4. The van der Waals surface area contributed by atoms with E-state index in [-0.39, 0.29) is 5.82 Å². The van der Waals surface area contributed by atoms with E-state index < -0.39 is 0 Å². The van der Waals surface area contributed by atoms with Crippen molar-refractivity contribution in [2.45, 2.75) is 25.7 Å². The molecule has 1 aromatic carbocycles. The number of hydrogen-bond donors (Lipinski definition) is 1. The summed E-state index contributed by atoms with van der Waals surface area (Å²) >= 11 is 1.37. The minimum Gasteiger partial charge on any atom is -0.375 e. The number of thiazole rings is 1. The molecule has 1 aliphatic rings. The van der Waals surface area contributed by atoms with Gasteiger partial charge in [0, 0.05) is 24.0 Å². The minimum atomic E-state index is -0.170. The fourth-order valence-corrected chi connectivity index (χ4v) is 3.23. The summed E-state index contributed by atoms with van der Waals surface area (Å²) in [6.07, 6.45) is 4.77. The third kappa shape index (κ3) is 2.77. The summed E-state index contributed by atoms with van der Waals surface area (Å²) in [5, 5.41) is 2.37. The number of rotatable bonds is 2. The highest BCUT2D eigenvalue weighted by atomic mass is 32.1. The standard InChI is InChI=1S/C15H18FN3S/c16-12-9-11(13-10-20-15(17)18-13)5-6-14(12)19-7-3-1-2-4-8-19/h5-6,9-10H,1-4,7-8H2,(H2,17,18). The Morgan fingerprint density at radius 2 is 1.90 bits per heavy atom. The molecule has 0 radical (unpaired) electrons. The summed E-state index contributed by atoms with van der Waals surface area (Å²) in [6.45, 7) is 1.89. The van der Waals surface area contributed by atoms with Crippen molar-refractivity contribution in [1.29, 1.82) is 0 Å². The zero-order valence-electron chi connectivity index (χ0n) is 11.3. The summed E-state index contributed by atoms with van der Waals surface area (Å²) in [6, 6.07) is 5.36. The Hall–Kier alpha value is -1.62. The molecule has 1 fully saturated rings. The number of benzene rings is 1. The lowest BCUT2D eigenvalue weighted by atomic mass is 10.1. The number of nitrogens with zero attached hydrogens (tertiary/aromatic N) is 2. The molecule has 1 aliphatic heterocycles. The number of anilines is 2. The van der Waals surface area contributed by atoms with Crippen molar-refractivity contribution in [1.82, 2.24) is 4.98 Å². The second kappa shape index (κ2) is 5.79. The average molecular weight is 291 g/mol. The van der Waals surface area contributed by atoms with Crippen molar-refractivity contribution >= 4 is 22.2 Å². The van der Waals surface area contributed by atoms with Crippen molar-refractivity contribution in [3.8, 4) is 11.3 Å². The fraction of sp³-hybridized carbons (Fsp3) is 0.400. The molecule has 2 heterocycles. The van der Waals surface area contributed by atoms with E-state index in [1.54, 1.807) is 6.07 Å². The van der Waals surface area contributed by atoms with Crippen molar-refractivity contribution < 1.29 is 4.39 Å². The van der Waals surface area contributed by atoms with Gasteiger partial charge in [0.1, 0.15) is 5.82 Å². The van der Waals surface area contributed by atoms with E-state index in [0.29, 0.717) is 10.8 Å². The highest BCUT2D eigenvalue weighted by Crippen LogP contribution is 2.29. The van der Waals surface area contributed by atoms with Gasteiger partial charge in [0.05, 0.1) is 11.4 Å². The van der Waals surface area contributed by atoms with E-state index in [1.807, 2.05) is 17.5 Å². The Morgan fingerprint density at radius 1 is 1.15 bits per heavy atom. The van der Waals surface area contributed by atoms with E-state index in [1.165, 1.54) is 24.2 Å². The van der Waals surface area contributed by atoms with Crippen LogP contribution >= 0.6 is 11.3 Å². The smallest absolute Gasteiger partial charge is 0.180 e. The van der Waals surface area contributed by atoms with Gasteiger partial charge < -0.3 is 10.6 Å². The first-order valence-corrected chi connectivity index (χ1v) is 7.88. The van der Waals surface area contributed by atoms with Crippen LogP contribution in [0.2, 0.25) is 0 Å². The van der Waals surface area contributed by atoms with Gasteiger partial charge in [-0.15, -0.1) is 11.3 Å². The first-order chi connectivity index (χ1) is 9.74. The molecule has 3 rings (SSSR count). The molecule has 5 heteroatoms. The highest BCUT2D eigenvalue weighted by molar-refractivity contribution is 7.13. The Balaban J connectivity index is 1.87. The largest absolute Gasteiger partial charge is 0.375 e. The van der Waals surface area contributed by atoms with Gasteiger partial charge in [-0.2, -0.15) is 0 Å². The van der Waals surface area contributed by atoms with Gasteiger partial charge in [0.15, 0.2) is 5.13 Å². The highest BCUT2D eigenvalue weighted by Gasteiger charge is 2.15. The lowest BCUT2D eigenvalue weighted by Crippen LogP contribution is -2.24. The monoisotopic (exact) mass is 291 g/mol. The predicted molar refractivity (Wildman–Crippen MR) is 82.6 cm³/mol. The summed E-state index contributed by atoms with van der Waals surface area (Å²) in [4.78, 5) is 6.35. The molecule has 2 aromatic rings. The fourth-order valence-electron chi connectivity index (χ4n) is 2.65. The molecule has 0 spiro atoms. The predicted octanol–water partition coefficient (Wildman–Crippen LogP) is 3.91. The van der Waals surface area contributed by atoms with Crippen LogP contribution in [-0.4, -0.2) is 18.1 Å². The molecule has 0 saturated carbocycles. The van der Waals surface area contributed by atoms with Crippen molar-refractivity contribution in [2.24, 2.45) is 0 Å². The van der Waals surface area contributed by atoms with Crippen LogP contribution in [0.5, 0.6) is 0 Å². The van der Waals surface area contributed by atoms with Gasteiger partial charge in [0.2, 0.25) is 0 Å². The number of nitrogen functional groups attached to an aromatic ring is 1. The van der Waals surface area contributed by atoms with Crippen LogP contribution in [0, 0.1) is 5.82 Å². The lowest BCUT2D eigenvalue weighted by molar-refractivity contribution is 0.617. The maximum atomic E-state index is 14.4. The van der Waals surface area contributed by atoms with E-state index >= 15 is 0 Å². The van der Waals surface area contributed by atoms with E-state index in [9.17, 15) is 4.39 Å². The summed E-state index contributed by atoms with van der Waals surface area (Å²) < 4.78 is 14.4. The van der Waals surface area contributed by atoms with Crippen LogP contribution in [0.15, 0.2) is 23.6 Å². The van der Waals surface area contributed by atoms with Gasteiger partial charge in [-0.25, -0.2) is 9.37 Å². The van der Waals surface area contributed by atoms with Crippen LogP contribution in [0.1, 0.15) is 25.7 Å². The first kappa shape index (κ1) is 13.4. The van der Waals surface area contributed by atoms with E-state index in [0.717, 1.165) is 37.2 Å². The molecule has 20 heavy (non-hydrogen) atoms. The lowest BCUT2D eigenvalue weighted by Gasteiger charge is -2.23. The van der Waals surface area contributed by atoms with Crippen LogP contribution in [0.25, 0.3) is 11.3 Å². The quantitative estimate of drug-likeness (QED) is 0.912. The van der Waals surface area contributed by atoms with Crippen LogP contribution in [0.4, 0.5) is 15.2 Å². The topological polar surface area (TPSA) is 42.1 Å². The van der Waals surface area contributed by atoms with Crippen molar-refractivity contribution in [3.63, 3.8) is 0 Å². The third-order valence-electron chi connectivity index (χ3n) is 3.71. The summed E-state index contributed by atoms with van der Waals surface area (Å²) in [5.41, 5.74) is 7.86. The second-order valence-electron chi connectivity index (χ2n) is 5.14. The zero-order chi connectivity index (χ0) is 13.9. The van der Waals surface area contributed by atoms with Gasteiger partial charge in [-0.05, 0) is 25.0 Å². The number of hydrogen-bond acceptors (Lipinski definition) is 4. The van der Waals surface area contributed by atoms with Crippen LogP contribution in [0.3, 0.4) is 0 Å². The molecule has 0 aliphatic carbocycles. The Morgan fingerprint density at radius 3 is 2.50 bits per heavy atom. The number of aromatic nitrogens is 1. The van der Waals surface area contributed by atoms with Crippen LogP contribution < -0.4 is 10.6 Å². The summed E-state index contributed by atoms with van der Waals surface area (Å²) in [7, 11) is 0. The van der Waals surface area contributed by atoms with Crippen molar-refractivity contribution in [3.05, 3.63) is 29.4 Å². The van der Waals surface area contributed by atoms with E-state index in [4.69, 9.17) is 5.73 Å². The summed E-state index contributed by atoms with van der Waals surface area (Å²) in [5.74, 6) is -0.170. The molecular weight excluding hydrogens is 273 g/mol. The third-order valence-corrected chi connectivity index (χ3v) is 4.39. The molecule has 0 bridgehead atoms. The molecule has 1 saturated heterocycles. The Labute approximate surface area is 122 Å². The normalized spacial score (nSPS) is 16.1. The molecule has 0 unspecified atom stereocenters. The van der Waals surface area contributed by atoms with E-state index in [2.05, 4.69) is 9.88 Å². The average Bonchev–Trinajstić information content (AvgIpc) is 2.72. The number of nitrogens with two attached hydrogens (primary N) is 1. The Bertz CT molecular complexity index is 589. The molecular formula is C15H18FN3S. The minimum absolute atomic E-state index is 0.170. The molecule has 106 valence electrons. The van der Waals surface area contributed by atoms with Gasteiger partial charge in [-0.3, -0.25) is 0 Å². The first-order valence-electron chi connectivity index (χ1n) is 7.00. The zero-order valence-corrected chi connectivity index (χ0v) is 12.1. The Kier molecular flexibility index (Phi) is 3.87. The van der Waals surface area contributed by atoms with Crippen molar-refractivity contribution in [2.75, 3.05) is 23.7 Å². The molecule has 0 amide bonds. The molecule has 0 atom stereocenters. The molecule has 2 N–H and O–H groups in total. The van der Waals surface area contributed by atoms with Gasteiger partial charge >= 0.3 is 0 Å². The maximum Gasteiger partial charge on any atom is 0.180 e. The van der Waals surface area contributed by atoms with Gasteiger partial charge in [-0.1, -0.05) is 18.9 Å². The number of halogens is 1. The SMILES string of the molecule is Nc1nc(-c2ccc(N3CCCCCC3)c(F)c2)cs1. The molecule has 1 aromatic heterocycles.